The molecule has 1 aromatic carbocycles. The fraction of sp³-hybridized carbons (Fsp3) is 0.400. The van der Waals surface area contributed by atoms with Crippen LogP contribution >= 0.6 is 0 Å². The van der Waals surface area contributed by atoms with Crippen molar-refractivity contribution in [3.05, 3.63) is 42.2 Å². The molecule has 1 aromatic heterocycles. The smallest absolute Gasteiger partial charge is 0.276 e. The molecule has 1 N–H and O–H groups in total. The molecule has 21 heavy (non-hydrogen) atoms. The predicted octanol–water partition coefficient (Wildman–Crippen LogP) is 1.09. The second kappa shape index (κ2) is 6.05. The van der Waals surface area contributed by atoms with Gasteiger partial charge in [-0.25, -0.2) is 0 Å². The van der Waals surface area contributed by atoms with Crippen LogP contribution in [0.1, 0.15) is 23.3 Å². The summed E-state index contributed by atoms with van der Waals surface area (Å²) >= 11 is 0. The lowest BCUT2D eigenvalue weighted by atomic mass is 10.1. The summed E-state index contributed by atoms with van der Waals surface area (Å²) in [4.78, 5) is 15.7. The predicted molar refractivity (Wildman–Crippen MR) is 79.3 cm³/mol. The number of rotatable bonds is 3. The maximum Gasteiger partial charge on any atom is 0.276 e. The highest BCUT2D eigenvalue weighted by Gasteiger charge is 2.24. The lowest BCUT2D eigenvalue weighted by Crippen LogP contribution is -2.46. The molecule has 0 spiro atoms. The van der Waals surface area contributed by atoms with Crippen LogP contribution in [0.3, 0.4) is 0 Å². The Morgan fingerprint density at radius 1 is 1.38 bits per heavy atom. The van der Waals surface area contributed by atoms with E-state index in [0.29, 0.717) is 5.69 Å². The number of hydrogen-bond donors (Lipinski definition) is 1. The zero-order valence-electron chi connectivity index (χ0n) is 12.1. The number of nitrogens with one attached hydrogen (secondary N) is 1. The van der Waals surface area contributed by atoms with Crippen molar-refractivity contribution >= 4 is 5.91 Å². The average Bonchev–Trinajstić information content (AvgIpc) is 3.05. The van der Waals surface area contributed by atoms with E-state index >= 15 is 0 Å². The lowest BCUT2D eigenvalue weighted by Gasteiger charge is -2.31. The highest BCUT2D eigenvalue weighted by atomic mass is 16.2. The molecule has 1 amide bonds. The third-order valence-corrected chi connectivity index (χ3v) is 3.84. The zero-order valence-corrected chi connectivity index (χ0v) is 12.1. The second-order valence-corrected chi connectivity index (χ2v) is 5.27. The summed E-state index contributed by atoms with van der Waals surface area (Å²) in [5.41, 5.74) is 1.23. The van der Waals surface area contributed by atoms with Crippen LogP contribution < -0.4 is 5.32 Å². The molecule has 2 heterocycles. The molecule has 1 aliphatic heterocycles. The van der Waals surface area contributed by atoms with Crippen molar-refractivity contribution < 1.29 is 4.79 Å². The Labute approximate surface area is 123 Å². The van der Waals surface area contributed by atoms with Gasteiger partial charge in [0.05, 0.1) is 11.9 Å². The number of para-hydroxylation sites is 1. The SMILES string of the molecule is CN(C(=O)c1cnn(-c2ccccc2)n1)C1CCCNC1. The van der Waals surface area contributed by atoms with E-state index in [0.717, 1.165) is 31.6 Å². The molecule has 2 aromatic rings. The van der Waals surface area contributed by atoms with Gasteiger partial charge in [0.1, 0.15) is 0 Å². The van der Waals surface area contributed by atoms with E-state index in [1.54, 1.807) is 4.90 Å². The van der Waals surface area contributed by atoms with Gasteiger partial charge in [0.25, 0.3) is 5.91 Å². The Hall–Kier alpha value is -2.21. The van der Waals surface area contributed by atoms with E-state index in [2.05, 4.69) is 15.5 Å². The molecule has 1 atom stereocenters. The molecule has 1 aliphatic rings. The zero-order chi connectivity index (χ0) is 14.7. The summed E-state index contributed by atoms with van der Waals surface area (Å²) in [6.07, 6.45) is 3.66. The Morgan fingerprint density at radius 3 is 2.90 bits per heavy atom. The maximum absolute atomic E-state index is 12.5. The third kappa shape index (κ3) is 2.95. The van der Waals surface area contributed by atoms with E-state index in [1.807, 2.05) is 37.4 Å². The maximum atomic E-state index is 12.5. The number of aromatic nitrogens is 3. The Bertz CT molecular complexity index is 604. The molecule has 1 saturated heterocycles. The van der Waals surface area contributed by atoms with Gasteiger partial charge < -0.3 is 10.2 Å². The normalized spacial score (nSPS) is 18.4. The molecule has 1 fully saturated rings. The van der Waals surface area contributed by atoms with Gasteiger partial charge in [0.15, 0.2) is 5.69 Å². The summed E-state index contributed by atoms with van der Waals surface area (Å²) in [5.74, 6) is -0.0779. The van der Waals surface area contributed by atoms with Crippen molar-refractivity contribution in [2.75, 3.05) is 20.1 Å². The minimum atomic E-state index is -0.0779. The first kappa shape index (κ1) is 13.8. The minimum absolute atomic E-state index is 0.0779. The van der Waals surface area contributed by atoms with Gasteiger partial charge in [-0.2, -0.15) is 9.90 Å². The monoisotopic (exact) mass is 285 g/mol. The molecule has 0 radical (unpaired) electrons. The van der Waals surface area contributed by atoms with Crippen LogP contribution in [0.2, 0.25) is 0 Å². The first-order valence-corrected chi connectivity index (χ1v) is 7.21. The molecule has 0 saturated carbocycles. The van der Waals surface area contributed by atoms with Crippen LogP contribution in [0, 0.1) is 0 Å². The third-order valence-electron chi connectivity index (χ3n) is 3.84. The van der Waals surface area contributed by atoms with Crippen molar-refractivity contribution in [1.82, 2.24) is 25.2 Å². The second-order valence-electron chi connectivity index (χ2n) is 5.27. The first-order valence-electron chi connectivity index (χ1n) is 7.21. The van der Waals surface area contributed by atoms with Gasteiger partial charge in [-0.3, -0.25) is 4.79 Å². The summed E-state index contributed by atoms with van der Waals surface area (Å²) in [6.45, 7) is 1.87. The largest absolute Gasteiger partial charge is 0.336 e. The van der Waals surface area contributed by atoms with Crippen LogP contribution in [0.4, 0.5) is 0 Å². The Kier molecular flexibility index (Phi) is 3.96. The fourth-order valence-electron chi connectivity index (χ4n) is 2.56. The molecule has 6 heteroatoms. The topological polar surface area (TPSA) is 63.1 Å². The van der Waals surface area contributed by atoms with Gasteiger partial charge in [-0.15, -0.1) is 5.10 Å². The van der Waals surface area contributed by atoms with Gasteiger partial charge in [0, 0.05) is 19.6 Å². The van der Waals surface area contributed by atoms with E-state index in [4.69, 9.17) is 0 Å². The number of carbonyl (C=O) groups is 1. The van der Waals surface area contributed by atoms with Gasteiger partial charge in [-0.1, -0.05) is 18.2 Å². The van der Waals surface area contributed by atoms with Crippen molar-refractivity contribution in [3.63, 3.8) is 0 Å². The van der Waals surface area contributed by atoms with Crippen LogP contribution in [0.5, 0.6) is 0 Å². The number of carbonyl (C=O) groups excluding carboxylic acids is 1. The highest BCUT2D eigenvalue weighted by Crippen LogP contribution is 2.12. The number of nitrogens with zero attached hydrogens (tertiary/aromatic N) is 4. The minimum Gasteiger partial charge on any atom is -0.336 e. The van der Waals surface area contributed by atoms with E-state index in [1.165, 1.54) is 11.0 Å². The number of likely N-dealkylation sites (N-methyl/N-ethyl adjacent to an activating group) is 1. The first-order chi connectivity index (χ1) is 10.3. The summed E-state index contributed by atoms with van der Waals surface area (Å²) in [6, 6.07) is 9.81. The van der Waals surface area contributed by atoms with Crippen molar-refractivity contribution in [2.24, 2.45) is 0 Å². The van der Waals surface area contributed by atoms with Crippen LogP contribution in [-0.2, 0) is 0 Å². The number of piperidine rings is 1. The number of benzene rings is 1. The van der Waals surface area contributed by atoms with Crippen molar-refractivity contribution in [3.8, 4) is 5.69 Å². The molecule has 6 nitrogen and oxygen atoms in total. The van der Waals surface area contributed by atoms with E-state index in [9.17, 15) is 4.79 Å². The Balaban J connectivity index is 1.74. The fourth-order valence-corrected chi connectivity index (χ4v) is 2.56. The standard InChI is InChI=1S/C15H19N5O/c1-19(13-8-5-9-16-10-13)15(21)14-11-17-20(18-14)12-6-3-2-4-7-12/h2-4,6-7,11,13,16H,5,8-10H2,1H3. The molecule has 0 bridgehead atoms. The quantitative estimate of drug-likeness (QED) is 0.917. The average molecular weight is 285 g/mol. The van der Waals surface area contributed by atoms with Gasteiger partial charge >= 0.3 is 0 Å². The molecular weight excluding hydrogens is 266 g/mol. The summed E-state index contributed by atoms with van der Waals surface area (Å²) in [7, 11) is 1.83. The summed E-state index contributed by atoms with van der Waals surface area (Å²) in [5, 5.41) is 11.8. The van der Waals surface area contributed by atoms with Gasteiger partial charge in [-0.05, 0) is 31.5 Å². The van der Waals surface area contributed by atoms with Gasteiger partial charge in [0.2, 0.25) is 0 Å². The molecular formula is C15H19N5O. The van der Waals surface area contributed by atoms with Crippen LogP contribution in [0.15, 0.2) is 36.5 Å². The van der Waals surface area contributed by atoms with Crippen molar-refractivity contribution in [2.45, 2.75) is 18.9 Å². The molecule has 3 rings (SSSR count). The van der Waals surface area contributed by atoms with Crippen LogP contribution in [-0.4, -0.2) is 52.0 Å². The highest BCUT2D eigenvalue weighted by molar-refractivity contribution is 5.92. The molecule has 1 unspecified atom stereocenters. The van der Waals surface area contributed by atoms with E-state index < -0.39 is 0 Å². The molecule has 110 valence electrons. The Morgan fingerprint density at radius 2 is 2.19 bits per heavy atom. The van der Waals surface area contributed by atoms with Crippen molar-refractivity contribution in [1.29, 1.82) is 0 Å². The molecule has 0 aliphatic carbocycles. The number of amides is 1. The van der Waals surface area contributed by atoms with Crippen LogP contribution in [0.25, 0.3) is 5.69 Å². The summed E-state index contributed by atoms with van der Waals surface area (Å²) < 4.78 is 0. The van der Waals surface area contributed by atoms with E-state index in [-0.39, 0.29) is 11.9 Å². The number of hydrogen-bond acceptors (Lipinski definition) is 4. The lowest BCUT2D eigenvalue weighted by molar-refractivity contribution is 0.0702.